The van der Waals surface area contributed by atoms with E-state index in [9.17, 15) is 4.79 Å². The van der Waals surface area contributed by atoms with E-state index in [1.165, 1.54) is 0 Å². The first-order valence-electron chi connectivity index (χ1n) is 6.53. The lowest BCUT2D eigenvalue weighted by molar-refractivity contribution is 0.0880. The normalized spacial score (nSPS) is 23.8. The van der Waals surface area contributed by atoms with Gasteiger partial charge in [-0.3, -0.25) is 9.48 Å². The van der Waals surface area contributed by atoms with E-state index in [-0.39, 0.29) is 17.7 Å². The molecule has 1 aliphatic rings. The van der Waals surface area contributed by atoms with Gasteiger partial charge in [-0.05, 0) is 39.2 Å². The molecular formula is C13H20ClN3O. The van der Waals surface area contributed by atoms with E-state index < -0.39 is 0 Å². The van der Waals surface area contributed by atoms with E-state index in [1.807, 2.05) is 13.8 Å². The molecule has 5 heteroatoms. The second-order valence-electron chi connectivity index (χ2n) is 5.28. The molecule has 0 saturated heterocycles. The Morgan fingerprint density at radius 2 is 2.33 bits per heavy atom. The number of nitrogens with two attached hydrogens (primary N) is 1. The highest BCUT2D eigenvalue weighted by Gasteiger charge is 2.35. The van der Waals surface area contributed by atoms with Crippen molar-refractivity contribution in [2.24, 2.45) is 17.6 Å². The Bertz CT molecular complexity index is 441. The summed E-state index contributed by atoms with van der Waals surface area (Å²) in [6, 6.07) is 0.133. The van der Waals surface area contributed by atoms with Crippen LogP contribution in [0.3, 0.4) is 0 Å². The van der Waals surface area contributed by atoms with Gasteiger partial charge in [-0.1, -0.05) is 18.0 Å². The molecule has 4 nitrogen and oxygen atoms in total. The molecule has 0 bridgehead atoms. The lowest BCUT2D eigenvalue weighted by atomic mass is 9.90. The lowest BCUT2D eigenvalue weighted by Crippen LogP contribution is -2.27. The molecule has 0 aromatic carbocycles. The maximum Gasteiger partial charge on any atom is 0.185 e. The summed E-state index contributed by atoms with van der Waals surface area (Å²) in [5, 5.41) is 4.65. The van der Waals surface area contributed by atoms with Gasteiger partial charge in [0.25, 0.3) is 0 Å². The van der Waals surface area contributed by atoms with Crippen molar-refractivity contribution in [1.82, 2.24) is 9.78 Å². The Morgan fingerprint density at radius 3 is 2.94 bits per heavy atom. The molecule has 2 rings (SSSR count). The molecule has 0 radical (unpaired) electrons. The predicted octanol–water partition coefficient (Wildman–Crippen LogP) is 2.68. The average Bonchev–Trinajstić information content (AvgIpc) is 2.93. The first kappa shape index (κ1) is 13.6. The second kappa shape index (κ2) is 5.41. The van der Waals surface area contributed by atoms with Gasteiger partial charge in [-0.2, -0.15) is 5.10 Å². The van der Waals surface area contributed by atoms with Crippen LogP contribution >= 0.6 is 11.6 Å². The first-order valence-corrected chi connectivity index (χ1v) is 6.91. The highest BCUT2D eigenvalue weighted by atomic mass is 35.5. The van der Waals surface area contributed by atoms with E-state index in [2.05, 4.69) is 5.10 Å². The Balaban J connectivity index is 2.31. The Morgan fingerprint density at radius 1 is 1.61 bits per heavy atom. The number of carbonyl (C=O) groups is 1. The third kappa shape index (κ3) is 2.31. The van der Waals surface area contributed by atoms with Crippen molar-refractivity contribution < 1.29 is 4.79 Å². The average molecular weight is 270 g/mol. The van der Waals surface area contributed by atoms with Gasteiger partial charge in [0, 0.05) is 12.0 Å². The number of hydrogen-bond acceptors (Lipinski definition) is 3. The Labute approximate surface area is 112 Å². The van der Waals surface area contributed by atoms with Crippen molar-refractivity contribution in [2.45, 2.75) is 39.2 Å². The molecule has 1 heterocycles. The molecule has 0 amide bonds. The highest BCUT2D eigenvalue weighted by Crippen LogP contribution is 2.35. The molecule has 1 fully saturated rings. The molecule has 0 aliphatic heterocycles. The minimum atomic E-state index is 0.0155. The third-order valence-corrected chi connectivity index (χ3v) is 4.05. The summed E-state index contributed by atoms with van der Waals surface area (Å²) >= 11 is 6.12. The summed E-state index contributed by atoms with van der Waals surface area (Å²) in [7, 11) is 0. The number of Topliss-reactive ketones (excluding diaryl/α,β-unsaturated/α-hetero) is 1. The fourth-order valence-corrected chi connectivity index (χ4v) is 3.03. The number of rotatable bonds is 4. The molecule has 1 aromatic heterocycles. The number of nitrogens with zero attached hydrogens (tertiary/aromatic N) is 2. The van der Waals surface area contributed by atoms with Crippen LogP contribution in [-0.2, 0) is 0 Å². The van der Waals surface area contributed by atoms with Crippen LogP contribution in [0.4, 0.5) is 0 Å². The van der Waals surface area contributed by atoms with E-state index in [0.29, 0.717) is 23.2 Å². The molecule has 2 N–H and O–H groups in total. The summed E-state index contributed by atoms with van der Waals surface area (Å²) in [4.78, 5) is 12.6. The van der Waals surface area contributed by atoms with Crippen molar-refractivity contribution >= 4 is 17.4 Å². The summed E-state index contributed by atoms with van der Waals surface area (Å²) in [6.45, 7) is 4.56. The first-order chi connectivity index (χ1) is 8.56. The van der Waals surface area contributed by atoms with Gasteiger partial charge in [0.1, 0.15) is 5.69 Å². The van der Waals surface area contributed by atoms with Crippen LogP contribution in [-0.4, -0.2) is 22.1 Å². The van der Waals surface area contributed by atoms with Crippen molar-refractivity contribution in [3.8, 4) is 0 Å². The van der Waals surface area contributed by atoms with Crippen molar-refractivity contribution in [2.75, 3.05) is 6.54 Å². The standard InChI is InChI=1S/C13H20ClN3O/c1-8(2)17-12(11(14)7-16-17)13(18)10-5-3-4-9(10)6-15/h7-10H,3-6,15H2,1-2H3. The Kier molecular flexibility index (Phi) is 4.07. The molecular weight excluding hydrogens is 250 g/mol. The lowest BCUT2D eigenvalue weighted by Gasteiger charge is -2.18. The van der Waals surface area contributed by atoms with E-state index in [1.54, 1.807) is 10.9 Å². The summed E-state index contributed by atoms with van der Waals surface area (Å²) in [5.74, 6) is 0.421. The smallest absolute Gasteiger partial charge is 0.185 e. The fourth-order valence-electron chi connectivity index (χ4n) is 2.80. The molecule has 1 aromatic rings. The van der Waals surface area contributed by atoms with Crippen molar-refractivity contribution in [3.63, 3.8) is 0 Å². The molecule has 1 aliphatic carbocycles. The minimum Gasteiger partial charge on any atom is -0.330 e. The van der Waals surface area contributed by atoms with E-state index in [4.69, 9.17) is 17.3 Å². The predicted molar refractivity (Wildman–Crippen MR) is 71.8 cm³/mol. The maximum absolute atomic E-state index is 12.6. The molecule has 1 saturated carbocycles. The van der Waals surface area contributed by atoms with Crippen LogP contribution in [0.2, 0.25) is 5.02 Å². The van der Waals surface area contributed by atoms with Gasteiger partial charge in [0.15, 0.2) is 5.78 Å². The number of carbonyl (C=O) groups excluding carboxylic acids is 1. The van der Waals surface area contributed by atoms with Crippen LogP contribution in [0.5, 0.6) is 0 Å². The van der Waals surface area contributed by atoms with Crippen LogP contribution < -0.4 is 5.73 Å². The zero-order valence-electron chi connectivity index (χ0n) is 10.9. The number of aromatic nitrogens is 2. The number of ketones is 1. The Hall–Kier alpha value is -0.870. The quantitative estimate of drug-likeness (QED) is 0.855. The molecule has 100 valence electrons. The van der Waals surface area contributed by atoms with Crippen LogP contribution in [0.15, 0.2) is 6.20 Å². The zero-order chi connectivity index (χ0) is 13.3. The van der Waals surface area contributed by atoms with Gasteiger partial charge in [0.05, 0.1) is 11.2 Å². The monoisotopic (exact) mass is 269 g/mol. The van der Waals surface area contributed by atoms with Gasteiger partial charge < -0.3 is 5.73 Å². The second-order valence-corrected chi connectivity index (χ2v) is 5.68. The van der Waals surface area contributed by atoms with Gasteiger partial charge in [-0.25, -0.2) is 0 Å². The molecule has 18 heavy (non-hydrogen) atoms. The summed E-state index contributed by atoms with van der Waals surface area (Å²) < 4.78 is 1.72. The summed E-state index contributed by atoms with van der Waals surface area (Å²) in [5.41, 5.74) is 6.30. The van der Waals surface area contributed by atoms with Crippen molar-refractivity contribution in [1.29, 1.82) is 0 Å². The molecule has 2 unspecified atom stereocenters. The molecule has 2 atom stereocenters. The summed E-state index contributed by atoms with van der Waals surface area (Å²) in [6.07, 6.45) is 4.59. The van der Waals surface area contributed by atoms with Crippen LogP contribution in [0.25, 0.3) is 0 Å². The van der Waals surface area contributed by atoms with Crippen LogP contribution in [0.1, 0.15) is 49.6 Å². The van der Waals surface area contributed by atoms with Crippen molar-refractivity contribution in [3.05, 3.63) is 16.9 Å². The van der Waals surface area contributed by atoms with Gasteiger partial charge >= 0.3 is 0 Å². The highest BCUT2D eigenvalue weighted by molar-refractivity contribution is 6.33. The van der Waals surface area contributed by atoms with Gasteiger partial charge in [0.2, 0.25) is 0 Å². The van der Waals surface area contributed by atoms with E-state index >= 15 is 0 Å². The minimum absolute atomic E-state index is 0.0155. The molecule has 0 spiro atoms. The van der Waals surface area contributed by atoms with E-state index in [0.717, 1.165) is 19.3 Å². The largest absolute Gasteiger partial charge is 0.330 e. The maximum atomic E-state index is 12.6. The topological polar surface area (TPSA) is 60.9 Å². The SMILES string of the molecule is CC(C)n1ncc(Cl)c1C(=O)C1CCCC1CN. The zero-order valence-corrected chi connectivity index (χ0v) is 11.7. The third-order valence-electron chi connectivity index (χ3n) is 3.77. The number of hydrogen-bond donors (Lipinski definition) is 1. The number of halogens is 1. The van der Waals surface area contributed by atoms with Gasteiger partial charge in [-0.15, -0.1) is 0 Å². The van der Waals surface area contributed by atoms with Crippen LogP contribution in [0, 0.1) is 11.8 Å². The fraction of sp³-hybridized carbons (Fsp3) is 0.692.